The third kappa shape index (κ3) is 3.78. The van der Waals surface area contributed by atoms with Gasteiger partial charge < -0.3 is 9.47 Å². The molecule has 0 fully saturated rings. The van der Waals surface area contributed by atoms with E-state index in [1.54, 1.807) is 37.3 Å². The van der Waals surface area contributed by atoms with Crippen LogP contribution in [0.15, 0.2) is 42.5 Å². The molecule has 3 aromatic rings. The number of para-hydroxylation sites is 1. The first kappa shape index (κ1) is 21.4. The minimum absolute atomic E-state index is 0.0430. The first-order valence-electron chi connectivity index (χ1n) is 8.77. The summed E-state index contributed by atoms with van der Waals surface area (Å²) < 4.78 is 54.9. The maximum Gasteiger partial charge on any atom is 0.311 e. The van der Waals surface area contributed by atoms with Gasteiger partial charge in [-0.2, -0.15) is 0 Å². The van der Waals surface area contributed by atoms with Crippen LogP contribution in [0.5, 0.6) is 17.2 Å². The second kappa shape index (κ2) is 8.62. The van der Waals surface area contributed by atoms with E-state index < -0.39 is 50.0 Å². The van der Waals surface area contributed by atoms with Gasteiger partial charge in [-0.3, -0.25) is 10.1 Å². The minimum atomic E-state index is -1.47. The summed E-state index contributed by atoms with van der Waals surface area (Å²) in [5, 5.41) is 10.8. The predicted octanol–water partition coefficient (Wildman–Crippen LogP) is 6.83. The number of hydrogen-bond donors (Lipinski definition) is 0. The van der Waals surface area contributed by atoms with Crippen LogP contribution in [0, 0.1) is 34.5 Å². The summed E-state index contributed by atoms with van der Waals surface area (Å²) >= 11 is 6.03. The molecule has 30 heavy (non-hydrogen) atoms. The Hall–Kier alpha value is -3.26. The van der Waals surface area contributed by atoms with Crippen molar-refractivity contribution in [1.82, 2.24) is 0 Å². The lowest BCUT2D eigenvalue weighted by Crippen LogP contribution is -2.05. The SMILES string of the molecule is CCOc1c([N+](=O)[O-])ccc(Oc2ccccc2)c1-c1c(F)c(F)c(C)c(F)c1Cl. The quantitative estimate of drug-likeness (QED) is 0.241. The smallest absolute Gasteiger partial charge is 0.311 e. The van der Waals surface area contributed by atoms with E-state index in [0.717, 1.165) is 13.0 Å². The van der Waals surface area contributed by atoms with Gasteiger partial charge in [-0.05, 0) is 32.0 Å². The highest BCUT2D eigenvalue weighted by molar-refractivity contribution is 6.33. The molecule has 0 saturated heterocycles. The molecule has 0 aliphatic carbocycles. The monoisotopic (exact) mass is 437 g/mol. The Bertz CT molecular complexity index is 1090. The topological polar surface area (TPSA) is 61.6 Å². The van der Waals surface area contributed by atoms with Crippen LogP contribution in [-0.2, 0) is 0 Å². The lowest BCUT2D eigenvalue weighted by atomic mass is 9.99. The maximum atomic E-state index is 15.0. The molecule has 5 nitrogen and oxygen atoms in total. The fraction of sp³-hybridized carbons (Fsp3) is 0.143. The Morgan fingerprint density at radius 2 is 1.67 bits per heavy atom. The second-order valence-electron chi connectivity index (χ2n) is 6.15. The Morgan fingerprint density at radius 3 is 2.27 bits per heavy atom. The zero-order chi connectivity index (χ0) is 22.0. The molecule has 3 aromatic carbocycles. The van der Waals surface area contributed by atoms with Crippen LogP contribution in [0.25, 0.3) is 11.1 Å². The third-order valence-electron chi connectivity index (χ3n) is 4.29. The summed E-state index contributed by atoms with van der Waals surface area (Å²) in [6, 6.07) is 10.5. The Morgan fingerprint density at radius 1 is 1.00 bits per heavy atom. The molecule has 9 heteroatoms. The van der Waals surface area contributed by atoms with Gasteiger partial charge in [-0.25, -0.2) is 13.2 Å². The standard InChI is InChI=1S/C21H15ClF3NO4/c1-3-29-21-13(26(27)28)9-10-14(30-12-7-5-4-6-8-12)15(21)16-17(22)18(23)11(2)19(24)20(16)25/h4-10H,3H2,1-2H3. The Balaban J connectivity index is 2.41. The molecular formula is C21H15ClF3NO4. The number of rotatable bonds is 6. The molecule has 0 aromatic heterocycles. The van der Waals surface area contributed by atoms with Crippen molar-refractivity contribution in [2.75, 3.05) is 6.61 Å². The van der Waals surface area contributed by atoms with Crippen molar-refractivity contribution < 1.29 is 27.6 Å². The highest BCUT2D eigenvalue weighted by Gasteiger charge is 2.32. The van der Waals surface area contributed by atoms with Crippen molar-refractivity contribution in [1.29, 1.82) is 0 Å². The predicted molar refractivity (Wildman–Crippen MR) is 106 cm³/mol. The van der Waals surface area contributed by atoms with E-state index >= 15 is 0 Å². The van der Waals surface area contributed by atoms with E-state index in [1.807, 2.05) is 0 Å². The number of hydrogen-bond acceptors (Lipinski definition) is 4. The first-order chi connectivity index (χ1) is 14.3. The normalized spacial score (nSPS) is 10.7. The summed E-state index contributed by atoms with van der Waals surface area (Å²) in [7, 11) is 0. The van der Waals surface area contributed by atoms with E-state index in [9.17, 15) is 23.3 Å². The third-order valence-corrected chi connectivity index (χ3v) is 4.64. The molecule has 0 unspecified atom stereocenters. The largest absolute Gasteiger partial charge is 0.487 e. The maximum absolute atomic E-state index is 15.0. The molecule has 0 N–H and O–H groups in total. The van der Waals surface area contributed by atoms with E-state index in [2.05, 4.69) is 0 Å². The Kier molecular flexibility index (Phi) is 6.17. The summed E-state index contributed by atoms with van der Waals surface area (Å²) in [5.74, 6) is -4.37. The molecule has 156 valence electrons. The molecule has 0 aliphatic heterocycles. The molecule has 0 radical (unpaired) electrons. The summed E-state index contributed by atoms with van der Waals surface area (Å²) in [4.78, 5) is 10.8. The van der Waals surface area contributed by atoms with Crippen molar-refractivity contribution in [2.45, 2.75) is 13.8 Å². The van der Waals surface area contributed by atoms with Gasteiger partial charge in [-0.15, -0.1) is 0 Å². The number of nitrogens with zero attached hydrogens (tertiary/aromatic N) is 1. The van der Waals surface area contributed by atoms with Gasteiger partial charge >= 0.3 is 5.69 Å². The van der Waals surface area contributed by atoms with Gasteiger partial charge in [0.25, 0.3) is 0 Å². The molecule has 0 atom stereocenters. The minimum Gasteiger partial charge on any atom is -0.487 e. The van der Waals surface area contributed by atoms with Crippen LogP contribution in [0.1, 0.15) is 12.5 Å². The van der Waals surface area contributed by atoms with E-state index in [4.69, 9.17) is 21.1 Å². The van der Waals surface area contributed by atoms with Crippen LogP contribution in [0.2, 0.25) is 5.02 Å². The molecule has 0 amide bonds. The summed E-state index contributed by atoms with van der Waals surface area (Å²) in [5.41, 5.74) is -2.25. The van der Waals surface area contributed by atoms with E-state index in [1.165, 1.54) is 6.07 Å². The van der Waals surface area contributed by atoms with Gasteiger partial charge in [-0.1, -0.05) is 29.8 Å². The molecule has 0 aliphatic rings. The molecule has 3 rings (SSSR count). The summed E-state index contributed by atoms with van der Waals surface area (Å²) in [6.07, 6.45) is 0. The van der Waals surface area contributed by atoms with Crippen molar-refractivity contribution in [3.8, 4) is 28.4 Å². The lowest BCUT2D eigenvalue weighted by Gasteiger charge is -2.18. The second-order valence-corrected chi connectivity index (χ2v) is 6.53. The zero-order valence-corrected chi connectivity index (χ0v) is 16.6. The van der Waals surface area contributed by atoms with Crippen LogP contribution < -0.4 is 9.47 Å². The zero-order valence-electron chi connectivity index (χ0n) is 15.8. The molecule has 0 spiro atoms. The molecule has 0 saturated carbocycles. The number of benzene rings is 3. The fourth-order valence-electron chi connectivity index (χ4n) is 2.89. The van der Waals surface area contributed by atoms with Crippen molar-refractivity contribution in [3.05, 3.63) is 80.6 Å². The average Bonchev–Trinajstić information content (AvgIpc) is 2.73. The van der Waals surface area contributed by atoms with E-state index in [-0.39, 0.29) is 17.9 Å². The molecule has 0 bridgehead atoms. The van der Waals surface area contributed by atoms with Crippen LogP contribution in [0.4, 0.5) is 18.9 Å². The van der Waals surface area contributed by atoms with Crippen LogP contribution in [-0.4, -0.2) is 11.5 Å². The lowest BCUT2D eigenvalue weighted by molar-refractivity contribution is -0.385. The van der Waals surface area contributed by atoms with Gasteiger partial charge in [0.15, 0.2) is 11.6 Å². The number of nitro groups is 1. The van der Waals surface area contributed by atoms with Gasteiger partial charge in [0.1, 0.15) is 17.3 Å². The number of halogens is 4. The van der Waals surface area contributed by atoms with Crippen molar-refractivity contribution in [2.24, 2.45) is 0 Å². The van der Waals surface area contributed by atoms with Crippen LogP contribution >= 0.6 is 11.6 Å². The Labute approximate surface area is 174 Å². The van der Waals surface area contributed by atoms with Crippen LogP contribution in [0.3, 0.4) is 0 Å². The highest BCUT2D eigenvalue weighted by atomic mass is 35.5. The van der Waals surface area contributed by atoms with Gasteiger partial charge in [0.05, 0.1) is 22.1 Å². The van der Waals surface area contributed by atoms with Gasteiger partial charge in [0.2, 0.25) is 5.75 Å². The number of nitro benzene ring substituents is 1. The van der Waals surface area contributed by atoms with Crippen molar-refractivity contribution >= 4 is 17.3 Å². The molecule has 0 heterocycles. The molecular weight excluding hydrogens is 423 g/mol. The van der Waals surface area contributed by atoms with Crippen molar-refractivity contribution in [3.63, 3.8) is 0 Å². The summed E-state index contributed by atoms with van der Waals surface area (Å²) in [6.45, 7) is 2.53. The van der Waals surface area contributed by atoms with E-state index in [0.29, 0.717) is 5.75 Å². The average molecular weight is 438 g/mol. The fourth-order valence-corrected chi connectivity index (χ4v) is 3.21. The highest BCUT2D eigenvalue weighted by Crippen LogP contribution is 2.50. The number of ether oxygens (including phenoxy) is 2. The first-order valence-corrected chi connectivity index (χ1v) is 9.15. The van der Waals surface area contributed by atoms with Gasteiger partial charge in [0, 0.05) is 17.2 Å².